The highest BCUT2D eigenvalue weighted by Gasteiger charge is 2.21. The van der Waals surface area contributed by atoms with Crippen molar-refractivity contribution in [2.24, 2.45) is 0 Å². The molecule has 0 aliphatic rings. The van der Waals surface area contributed by atoms with Gasteiger partial charge in [0.1, 0.15) is 10.6 Å². The summed E-state index contributed by atoms with van der Waals surface area (Å²) in [6, 6.07) is 8.15. The minimum atomic E-state index is -3.74. The molecule has 1 heterocycles. The number of nitrogens with one attached hydrogen (secondary N) is 1. The molecule has 2 N–H and O–H groups in total. The van der Waals surface area contributed by atoms with Gasteiger partial charge >= 0.3 is 0 Å². The summed E-state index contributed by atoms with van der Waals surface area (Å²) >= 11 is 0. The van der Waals surface area contributed by atoms with Gasteiger partial charge in [0.2, 0.25) is 5.56 Å². The van der Waals surface area contributed by atoms with E-state index in [0.29, 0.717) is 5.69 Å². The first-order chi connectivity index (χ1) is 8.91. The highest BCUT2D eigenvalue weighted by Crippen LogP contribution is 2.22. The maximum absolute atomic E-state index is 12.3. The van der Waals surface area contributed by atoms with Gasteiger partial charge in [-0.15, -0.1) is 0 Å². The number of phenolic OH excluding ortho intramolecular Hbond substituents is 1. The van der Waals surface area contributed by atoms with Crippen LogP contribution in [0.3, 0.4) is 0 Å². The third-order valence-corrected chi connectivity index (χ3v) is 4.41. The highest BCUT2D eigenvalue weighted by atomic mass is 32.2. The Morgan fingerprint density at radius 3 is 2.26 bits per heavy atom. The zero-order valence-corrected chi connectivity index (χ0v) is 10.9. The first-order valence-corrected chi connectivity index (χ1v) is 6.82. The fourth-order valence-electron chi connectivity index (χ4n) is 1.52. The van der Waals surface area contributed by atoms with Gasteiger partial charge < -0.3 is 10.1 Å². The van der Waals surface area contributed by atoms with Gasteiger partial charge in [-0.05, 0) is 30.3 Å². The number of hydrogen-bond acceptors (Lipinski definition) is 4. The second kappa shape index (κ2) is 4.77. The monoisotopic (exact) mass is 280 g/mol. The molecule has 7 heteroatoms. The van der Waals surface area contributed by atoms with Crippen LogP contribution in [0.4, 0.5) is 5.69 Å². The van der Waals surface area contributed by atoms with Crippen molar-refractivity contribution in [2.45, 2.75) is 4.90 Å². The van der Waals surface area contributed by atoms with Gasteiger partial charge in [0.25, 0.3) is 10.0 Å². The molecular formula is C12H12N2O4S. The van der Waals surface area contributed by atoms with Crippen molar-refractivity contribution in [3.05, 3.63) is 52.9 Å². The maximum Gasteiger partial charge on any atom is 0.265 e. The second-order valence-corrected chi connectivity index (χ2v) is 5.85. The molecule has 0 bridgehead atoms. The summed E-state index contributed by atoms with van der Waals surface area (Å²) in [4.78, 5) is 13.2. The van der Waals surface area contributed by atoms with E-state index in [9.17, 15) is 18.3 Å². The molecule has 0 atom stereocenters. The molecule has 0 amide bonds. The van der Waals surface area contributed by atoms with Crippen LogP contribution in [0.15, 0.2) is 52.3 Å². The largest absolute Gasteiger partial charge is 0.508 e. The lowest BCUT2D eigenvalue weighted by Crippen LogP contribution is -2.27. The van der Waals surface area contributed by atoms with Crippen LogP contribution in [-0.4, -0.2) is 25.6 Å². The number of aromatic hydroxyl groups is 1. The minimum absolute atomic E-state index is 0.0114. The van der Waals surface area contributed by atoms with Gasteiger partial charge in [-0.2, -0.15) is 0 Å². The second-order valence-electron chi connectivity index (χ2n) is 3.88. The fourth-order valence-corrected chi connectivity index (χ4v) is 2.68. The molecule has 0 aliphatic carbocycles. The van der Waals surface area contributed by atoms with Crippen LogP contribution in [0, 0.1) is 0 Å². The van der Waals surface area contributed by atoms with Gasteiger partial charge in [-0.3, -0.25) is 9.10 Å². The number of hydrogen-bond donors (Lipinski definition) is 2. The number of sulfonamides is 1. The van der Waals surface area contributed by atoms with Crippen molar-refractivity contribution < 1.29 is 13.5 Å². The molecule has 0 aliphatic heterocycles. The van der Waals surface area contributed by atoms with E-state index < -0.39 is 10.0 Å². The normalized spacial score (nSPS) is 11.2. The number of benzene rings is 1. The number of aromatic nitrogens is 1. The topological polar surface area (TPSA) is 90.5 Å². The van der Waals surface area contributed by atoms with E-state index >= 15 is 0 Å². The summed E-state index contributed by atoms with van der Waals surface area (Å²) < 4.78 is 25.6. The van der Waals surface area contributed by atoms with E-state index in [1.165, 1.54) is 37.4 Å². The molecule has 0 unspecified atom stereocenters. The Morgan fingerprint density at radius 1 is 1.11 bits per heavy atom. The quantitative estimate of drug-likeness (QED) is 0.874. The number of pyridine rings is 1. The van der Waals surface area contributed by atoms with Gasteiger partial charge in [-0.1, -0.05) is 0 Å². The fraction of sp³-hybridized carbons (Fsp3) is 0.0833. The number of rotatable bonds is 3. The average molecular weight is 280 g/mol. The molecule has 2 rings (SSSR count). The lowest BCUT2D eigenvalue weighted by Gasteiger charge is -2.19. The molecule has 0 spiro atoms. The number of phenols is 1. The molecular weight excluding hydrogens is 268 g/mol. The number of H-pyrrole nitrogens is 1. The molecule has 100 valence electrons. The Kier molecular flexibility index (Phi) is 3.30. The maximum atomic E-state index is 12.3. The number of aromatic amines is 1. The summed E-state index contributed by atoms with van der Waals surface area (Å²) in [7, 11) is -2.34. The summed E-state index contributed by atoms with van der Waals surface area (Å²) in [6.07, 6.45) is 1.15. The summed E-state index contributed by atoms with van der Waals surface area (Å²) in [5, 5.41) is 9.18. The van der Waals surface area contributed by atoms with E-state index in [2.05, 4.69) is 4.98 Å². The molecule has 6 nitrogen and oxygen atoms in total. The lowest BCUT2D eigenvalue weighted by atomic mass is 10.3. The van der Waals surface area contributed by atoms with Crippen LogP contribution in [0.5, 0.6) is 5.75 Å². The van der Waals surface area contributed by atoms with E-state index in [4.69, 9.17) is 0 Å². The van der Waals surface area contributed by atoms with Crippen molar-refractivity contribution in [2.75, 3.05) is 11.4 Å². The van der Waals surface area contributed by atoms with E-state index in [0.717, 1.165) is 16.6 Å². The van der Waals surface area contributed by atoms with Gasteiger partial charge in [0.15, 0.2) is 0 Å². The average Bonchev–Trinajstić information content (AvgIpc) is 2.39. The third-order valence-electron chi connectivity index (χ3n) is 2.63. The van der Waals surface area contributed by atoms with Crippen LogP contribution < -0.4 is 9.86 Å². The molecule has 19 heavy (non-hydrogen) atoms. The van der Waals surface area contributed by atoms with Crippen molar-refractivity contribution in [1.82, 2.24) is 4.98 Å². The molecule has 0 saturated carbocycles. The van der Waals surface area contributed by atoms with Gasteiger partial charge in [0.05, 0.1) is 5.69 Å². The summed E-state index contributed by atoms with van der Waals surface area (Å²) in [5.41, 5.74) is 0.0373. The molecule has 2 aromatic rings. The SMILES string of the molecule is CN(c1ccc(O)cc1)S(=O)(=O)c1ccc(=O)[nH]c1. The first-order valence-electron chi connectivity index (χ1n) is 5.38. The standard InChI is InChI=1S/C12H12N2O4S/c1-14(9-2-4-10(15)5-3-9)19(17,18)11-6-7-12(16)13-8-11/h2-8,15H,1H3,(H,13,16). The van der Waals surface area contributed by atoms with Crippen LogP contribution in [0.1, 0.15) is 0 Å². The molecule has 1 aromatic carbocycles. The third kappa shape index (κ3) is 2.60. The smallest absolute Gasteiger partial charge is 0.265 e. The lowest BCUT2D eigenvalue weighted by molar-refractivity contribution is 0.475. The molecule has 1 aromatic heterocycles. The van der Waals surface area contributed by atoms with Crippen molar-refractivity contribution in [3.8, 4) is 5.75 Å². The molecule has 0 fully saturated rings. The van der Waals surface area contributed by atoms with Crippen LogP contribution >= 0.6 is 0 Å². The van der Waals surface area contributed by atoms with Crippen molar-refractivity contribution in [1.29, 1.82) is 0 Å². The molecule has 0 saturated heterocycles. The summed E-state index contributed by atoms with van der Waals surface area (Å²) in [6.45, 7) is 0. The predicted octanol–water partition coefficient (Wildman–Crippen LogP) is 0.906. The Labute approximate surface area is 110 Å². The van der Waals surface area contributed by atoms with Crippen molar-refractivity contribution >= 4 is 15.7 Å². The number of nitrogens with zero attached hydrogens (tertiary/aromatic N) is 1. The first kappa shape index (κ1) is 13.2. The Bertz CT molecular complexity index is 715. The Morgan fingerprint density at radius 2 is 1.74 bits per heavy atom. The Hall–Kier alpha value is -2.28. The van der Waals surface area contributed by atoms with Crippen LogP contribution in [-0.2, 0) is 10.0 Å². The minimum Gasteiger partial charge on any atom is -0.508 e. The van der Waals surface area contributed by atoms with Crippen LogP contribution in [0.2, 0.25) is 0 Å². The Balaban J connectivity index is 2.41. The van der Waals surface area contributed by atoms with Crippen LogP contribution in [0.25, 0.3) is 0 Å². The zero-order chi connectivity index (χ0) is 14.0. The highest BCUT2D eigenvalue weighted by molar-refractivity contribution is 7.92. The van der Waals surface area contributed by atoms with E-state index in [-0.39, 0.29) is 16.2 Å². The zero-order valence-electron chi connectivity index (χ0n) is 10.1. The summed E-state index contributed by atoms with van der Waals surface area (Å²) in [5.74, 6) is 0.0542. The van der Waals surface area contributed by atoms with Gasteiger partial charge in [-0.25, -0.2) is 8.42 Å². The van der Waals surface area contributed by atoms with E-state index in [1.54, 1.807) is 0 Å². The predicted molar refractivity (Wildman–Crippen MR) is 70.8 cm³/mol. The van der Waals surface area contributed by atoms with Crippen molar-refractivity contribution in [3.63, 3.8) is 0 Å². The van der Waals surface area contributed by atoms with E-state index in [1.807, 2.05) is 0 Å². The van der Waals surface area contributed by atoms with Gasteiger partial charge in [0, 0.05) is 19.3 Å². The number of anilines is 1. The molecule has 0 radical (unpaired) electrons.